The van der Waals surface area contributed by atoms with Gasteiger partial charge in [0.05, 0.1) is 22.8 Å². The minimum atomic E-state index is -4.55. The van der Waals surface area contributed by atoms with Gasteiger partial charge in [0.2, 0.25) is 11.9 Å². The van der Waals surface area contributed by atoms with Gasteiger partial charge in [-0.1, -0.05) is 0 Å². The second-order valence-corrected chi connectivity index (χ2v) is 7.79. The van der Waals surface area contributed by atoms with Crippen LogP contribution in [0.2, 0.25) is 0 Å². The number of aromatic nitrogens is 4. The predicted octanol–water partition coefficient (Wildman–Crippen LogP) is 3.18. The topological polar surface area (TPSA) is 111 Å². The molecule has 156 valence electrons. The van der Waals surface area contributed by atoms with Gasteiger partial charge >= 0.3 is 6.18 Å². The van der Waals surface area contributed by atoms with Crippen molar-refractivity contribution >= 4 is 23.4 Å². The zero-order valence-corrected chi connectivity index (χ0v) is 16.0. The molecule has 2 aromatic heterocycles. The van der Waals surface area contributed by atoms with Crippen molar-refractivity contribution in [2.24, 2.45) is 11.1 Å². The molecule has 2 heterocycles. The summed E-state index contributed by atoms with van der Waals surface area (Å²) in [5.41, 5.74) is 5.37. The number of primary amides is 1. The zero-order valence-electron chi connectivity index (χ0n) is 16.0. The fourth-order valence-corrected chi connectivity index (χ4v) is 3.39. The van der Waals surface area contributed by atoms with Crippen molar-refractivity contribution < 1.29 is 18.0 Å². The molecule has 8 nitrogen and oxygen atoms in total. The largest absolute Gasteiger partial charge is 0.421 e. The van der Waals surface area contributed by atoms with Gasteiger partial charge in [-0.2, -0.15) is 23.3 Å². The Morgan fingerprint density at radius 3 is 2.69 bits per heavy atom. The van der Waals surface area contributed by atoms with Gasteiger partial charge in [-0.3, -0.25) is 9.48 Å². The first-order valence-corrected chi connectivity index (χ1v) is 9.47. The molecular weight excluding hydrogens is 387 g/mol. The van der Waals surface area contributed by atoms with E-state index in [1.165, 1.54) is 0 Å². The number of alkyl halides is 3. The molecule has 0 aromatic carbocycles. The molecule has 11 heteroatoms. The number of anilines is 3. The third-order valence-corrected chi connectivity index (χ3v) is 5.48. The Balaban J connectivity index is 1.63. The van der Waals surface area contributed by atoms with E-state index in [-0.39, 0.29) is 36.2 Å². The van der Waals surface area contributed by atoms with Gasteiger partial charge < -0.3 is 16.4 Å². The highest BCUT2D eigenvalue weighted by Gasteiger charge is 2.57. The Morgan fingerprint density at radius 2 is 2.14 bits per heavy atom. The van der Waals surface area contributed by atoms with E-state index in [2.05, 4.69) is 25.7 Å². The summed E-state index contributed by atoms with van der Waals surface area (Å²) in [7, 11) is 0. The lowest BCUT2D eigenvalue weighted by molar-refractivity contribution is -0.137. The van der Waals surface area contributed by atoms with Crippen LogP contribution in [0, 0.1) is 5.41 Å². The van der Waals surface area contributed by atoms with Crippen molar-refractivity contribution in [3.63, 3.8) is 0 Å². The first-order chi connectivity index (χ1) is 13.6. The number of nitrogens with zero attached hydrogens (tertiary/aromatic N) is 4. The molecule has 2 aliphatic carbocycles. The quantitative estimate of drug-likeness (QED) is 0.648. The fraction of sp³-hybridized carbons (Fsp3) is 0.556. The monoisotopic (exact) mass is 409 g/mol. The molecule has 0 saturated heterocycles. The lowest BCUT2D eigenvalue weighted by Crippen LogP contribution is -2.24. The van der Waals surface area contributed by atoms with E-state index in [0.717, 1.165) is 24.7 Å². The molecule has 2 aliphatic rings. The van der Waals surface area contributed by atoms with E-state index < -0.39 is 17.2 Å². The van der Waals surface area contributed by atoms with E-state index in [0.29, 0.717) is 12.1 Å². The predicted molar refractivity (Wildman–Crippen MR) is 99.6 cm³/mol. The average Bonchev–Trinajstić information content (AvgIpc) is 3.54. The molecule has 4 rings (SSSR count). The standard InChI is InChI=1S/C18H22F3N7O/c1-3-23-14-10(18(19,20)21)7-24-16(26-14)25-11-8-28(27-13(11)9-4-5-9)12-6-17(12,2)15(22)29/h7-9,12H,3-6H2,1-2H3,(H2,22,29)(H2,23,24,25,26)/t12-,17+/m0/s1. The van der Waals surface area contributed by atoms with Gasteiger partial charge in [-0.15, -0.1) is 0 Å². The van der Waals surface area contributed by atoms with Crippen LogP contribution in [0.1, 0.15) is 56.3 Å². The van der Waals surface area contributed by atoms with E-state index in [9.17, 15) is 18.0 Å². The lowest BCUT2D eigenvalue weighted by Gasteiger charge is -2.13. The summed E-state index contributed by atoms with van der Waals surface area (Å²) in [6.45, 7) is 3.78. The van der Waals surface area contributed by atoms with Crippen LogP contribution in [0.25, 0.3) is 0 Å². The Labute approximate surface area is 165 Å². The molecule has 0 spiro atoms. The van der Waals surface area contributed by atoms with Crippen molar-refractivity contribution in [2.45, 2.75) is 51.2 Å². The first kappa shape index (κ1) is 19.5. The van der Waals surface area contributed by atoms with Crippen molar-refractivity contribution in [3.8, 4) is 0 Å². The van der Waals surface area contributed by atoms with Gasteiger partial charge in [-0.25, -0.2) is 4.98 Å². The first-order valence-electron chi connectivity index (χ1n) is 9.47. The number of carbonyl (C=O) groups is 1. The van der Waals surface area contributed by atoms with Crippen LogP contribution >= 0.6 is 0 Å². The molecule has 1 amide bonds. The molecule has 2 atom stereocenters. The molecule has 0 bridgehead atoms. The molecule has 2 saturated carbocycles. The van der Waals surface area contributed by atoms with Crippen LogP contribution in [-0.4, -0.2) is 32.2 Å². The number of halogens is 3. The maximum absolute atomic E-state index is 13.2. The third kappa shape index (κ3) is 3.60. The summed E-state index contributed by atoms with van der Waals surface area (Å²) < 4.78 is 41.2. The molecule has 2 fully saturated rings. The lowest BCUT2D eigenvalue weighted by atomic mass is 10.1. The van der Waals surface area contributed by atoms with Gasteiger partial charge in [0, 0.05) is 24.9 Å². The summed E-state index contributed by atoms with van der Waals surface area (Å²) in [6, 6.07) is -0.126. The van der Waals surface area contributed by atoms with E-state index in [1.807, 2.05) is 0 Å². The number of nitrogens with one attached hydrogen (secondary N) is 2. The van der Waals surface area contributed by atoms with Crippen LogP contribution < -0.4 is 16.4 Å². The van der Waals surface area contributed by atoms with Gasteiger partial charge in [-0.05, 0) is 33.1 Å². The van der Waals surface area contributed by atoms with Gasteiger partial charge in [0.25, 0.3) is 0 Å². The molecule has 4 N–H and O–H groups in total. The molecule has 29 heavy (non-hydrogen) atoms. The average molecular weight is 409 g/mol. The van der Waals surface area contributed by atoms with Crippen molar-refractivity contribution in [3.05, 3.63) is 23.7 Å². The molecule has 0 radical (unpaired) electrons. The highest BCUT2D eigenvalue weighted by Crippen LogP contribution is 2.56. The Bertz CT molecular complexity index is 953. The summed E-state index contributed by atoms with van der Waals surface area (Å²) in [5.74, 6) is -0.327. The Kier molecular flexibility index (Phi) is 4.43. The zero-order chi connectivity index (χ0) is 21.0. The third-order valence-electron chi connectivity index (χ3n) is 5.48. The van der Waals surface area contributed by atoms with Crippen LogP contribution in [0.3, 0.4) is 0 Å². The number of hydrogen-bond acceptors (Lipinski definition) is 6. The maximum atomic E-state index is 13.2. The normalized spacial score (nSPS) is 23.7. The minimum Gasteiger partial charge on any atom is -0.370 e. The van der Waals surface area contributed by atoms with Crippen LogP contribution in [0.5, 0.6) is 0 Å². The van der Waals surface area contributed by atoms with E-state index in [1.54, 1.807) is 24.7 Å². The maximum Gasteiger partial charge on any atom is 0.421 e. The Hall–Kier alpha value is -2.85. The Morgan fingerprint density at radius 1 is 1.41 bits per heavy atom. The molecular formula is C18H22F3N7O. The van der Waals surface area contributed by atoms with Crippen molar-refractivity contribution in [1.82, 2.24) is 19.7 Å². The number of carbonyl (C=O) groups excluding carboxylic acids is 1. The molecule has 0 aliphatic heterocycles. The van der Waals surface area contributed by atoms with Gasteiger partial charge in [0.15, 0.2) is 0 Å². The summed E-state index contributed by atoms with van der Waals surface area (Å²) in [6.07, 6.45) is 0.542. The van der Waals surface area contributed by atoms with E-state index >= 15 is 0 Å². The summed E-state index contributed by atoms with van der Waals surface area (Å²) in [5, 5.41) is 10.3. The van der Waals surface area contributed by atoms with E-state index in [4.69, 9.17) is 5.73 Å². The summed E-state index contributed by atoms with van der Waals surface area (Å²) >= 11 is 0. The van der Waals surface area contributed by atoms with Crippen molar-refractivity contribution in [2.75, 3.05) is 17.2 Å². The van der Waals surface area contributed by atoms with Gasteiger partial charge in [0.1, 0.15) is 11.4 Å². The second kappa shape index (κ2) is 6.60. The smallest absolute Gasteiger partial charge is 0.370 e. The van der Waals surface area contributed by atoms with Crippen LogP contribution in [0.4, 0.5) is 30.6 Å². The fourth-order valence-electron chi connectivity index (χ4n) is 3.39. The second-order valence-electron chi connectivity index (χ2n) is 7.79. The molecule has 2 aromatic rings. The number of hydrogen-bond donors (Lipinski definition) is 3. The highest BCUT2D eigenvalue weighted by atomic mass is 19.4. The van der Waals surface area contributed by atoms with Crippen LogP contribution in [0.15, 0.2) is 12.4 Å². The highest BCUT2D eigenvalue weighted by molar-refractivity contribution is 5.84. The number of rotatable bonds is 7. The minimum absolute atomic E-state index is 0.0452. The number of amides is 1. The SMILES string of the molecule is CCNc1nc(Nc2cn([C@H]3C[C@@]3(C)C(N)=O)nc2C2CC2)ncc1C(F)(F)F. The summed E-state index contributed by atoms with van der Waals surface area (Å²) in [4.78, 5) is 19.5. The van der Waals surface area contributed by atoms with Crippen molar-refractivity contribution in [1.29, 1.82) is 0 Å². The van der Waals surface area contributed by atoms with Crippen LogP contribution in [-0.2, 0) is 11.0 Å². The molecule has 0 unspecified atom stereocenters. The number of nitrogens with two attached hydrogens (primary N) is 1.